The van der Waals surface area contributed by atoms with Crippen molar-refractivity contribution in [1.29, 1.82) is 0 Å². The minimum Gasteiger partial charge on any atom is -0.276 e. The van der Waals surface area contributed by atoms with Crippen LogP contribution < -0.4 is 5.06 Å². The number of benzene rings is 2. The lowest BCUT2D eigenvalue weighted by molar-refractivity contribution is -0.114. The summed E-state index contributed by atoms with van der Waals surface area (Å²) in [6.45, 7) is 4.01. The van der Waals surface area contributed by atoms with E-state index in [2.05, 4.69) is 6.92 Å². The fourth-order valence-corrected chi connectivity index (χ4v) is 1.75. The van der Waals surface area contributed by atoms with Gasteiger partial charge in [-0.05, 0) is 36.2 Å². The van der Waals surface area contributed by atoms with Crippen molar-refractivity contribution in [3.8, 4) is 0 Å². The second-order valence-electron chi connectivity index (χ2n) is 3.96. The van der Waals surface area contributed by atoms with Gasteiger partial charge in [0.05, 0.1) is 5.69 Å². The predicted molar refractivity (Wildman–Crippen MR) is 75.7 cm³/mol. The highest BCUT2D eigenvalue weighted by Crippen LogP contribution is 2.19. The van der Waals surface area contributed by atoms with Gasteiger partial charge >= 0.3 is 0 Å². The number of amides is 1. The summed E-state index contributed by atoms with van der Waals surface area (Å²) in [5, 5.41) is 1.78. The van der Waals surface area contributed by atoms with Crippen LogP contribution >= 0.6 is 11.6 Å². The molecule has 3 nitrogen and oxygen atoms in total. The van der Waals surface area contributed by atoms with Gasteiger partial charge in [-0.2, -0.15) is 5.06 Å². The number of carbonyl (C=O) groups excluding carboxylic acids is 1. The number of rotatable bonds is 5. The Morgan fingerprint density at radius 2 is 1.84 bits per heavy atom. The summed E-state index contributed by atoms with van der Waals surface area (Å²) in [6.07, 6.45) is 0.620. The molecular weight excluding hydrogens is 262 g/mol. The van der Waals surface area contributed by atoms with Crippen LogP contribution in [0.15, 0.2) is 48.5 Å². The van der Waals surface area contributed by atoms with Crippen LogP contribution in [0.2, 0.25) is 5.02 Å². The Morgan fingerprint density at radius 3 is 2.47 bits per heavy atom. The molecule has 2 aromatic rings. The van der Waals surface area contributed by atoms with E-state index in [4.69, 9.17) is 16.4 Å². The van der Waals surface area contributed by atoms with E-state index in [1.807, 2.05) is 30.3 Å². The number of nitrogens with zero attached hydrogens (tertiary/aromatic N) is 1. The number of halogens is 1. The van der Waals surface area contributed by atoms with Crippen molar-refractivity contribution in [2.45, 2.75) is 6.61 Å². The van der Waals surface area contributed by atoms with Crippen molar-refractivity contribution in [2.75, 3.05) is 5.06 Å². The van der Waals surface area contributed by atoms with Gasteiger partial charge < -0.3 is 0 Å². The van der Waals surface area contributed by atoms with Crippen molar-refractivity contribution >= 4 is 23.7 Å². The summed E-state index contributed by atoms with van der Waals surface area (Å²) in [5.41, 5.74) is 2.35. The highest BCUT2D eigenvalue weighted by molar-refractivity contribution is 6.31. The standard InChI is InChI=1S/C15H13ClNO2/c1-12-6-8-14(9-7-12)17(11-18)19-10-13-4-2-3-5-15(13)16/h2-9,11H,1,10H2. The Balaban J connectivity index is 2.06. The molecule has 2 rings (SSSR count). The molecular formula is C15H13ClNO2. The zero-order valence-electron chi connectivity index (χ0n) is 10.3. The van der Waals surface area contributed by atoms with Gasteiger partial charge in [-0.15, -0.1) is 0 Å². The monoisotopic (exact) mass is 274 g/mol. The van der Waals surface area contributed by atoms with Gasteiger partial charge in [0, 0.05) is 5.02 Å². The second kappa shape index (κ2) is 6.36. The third-order valence-electron chi connectivity index (χ3n) is 2.60. The molecule has 1 amide bonds. The van der Waals surface area contributed by atoms with Gasteiger partial charge in [-0.25, -0.2) is 0 Å². The lowest BCUT2D eigenvalue weighted by Crippen LogP contribution is -2.21. The Labute approximate surface area is 117 Å². The molecule has 2 aromatic carbocycles. The van der Waals surface area contributed by atoms with Gasteiger partial charge in [0.25, 0.3) is 0 Å². The quantitative estimate of drug-likeness (QED) is 0.616. The topological polar surface area (TPSA) is 29.5 Å². The molecule has 97 valence electrons. The van der Waals surface area contributed by atoms with Crippen molar-refractivity contribution in [2.24, 2.45) is 0 Å². The van der Waals surface area contributed by atoms with Crippen molar-refractivity contribution in [3.63, 3.8) is 0 Å². The maximum Gasteiger partial charge on any atom is 0.238 e. The number of carbonyl (C=O) groups is 1. The molecule has 0 fully saturated rings. The first-order valence-corrected chi connectivity index (χ1v) is 6.11. The van der Waals surface area contributed by atoms with Crippen molar-refractivity contribution in [1.82, 2.24) is 0 Å². The molecule has 19 heavy (non-hydrogen) atoms. The van der Waals surface area contributed by atoms with E-state index in [1.165, 1.54) is 5.06 Å². The smallest absolute Gasteiger partial charge is 0.238 e. The number of anilines is 1. The molecule has 1 radical (unpaired) electrons. The molecule has 0 saturated carbocycles. The van der Waals surface area contributed by atoms with E-state index in [-0.39, 0.29) is 6.61 Å². The highest BCUT2D eigenvalue weighted by Gasteiger charge is 2.07. The Hall–Kier alpha value is -1.84. The van der Waals surface area contributed by atoms with Crippen LogP contribution in [0.5, 0.6) is 0 Å². The summed E-state index contributed by atoms with van der Waals surface area (Å²) >= 11 is 6.02. The van der Waals surface area contributed by atoms with Gasteiger partial charge in [0.2, 0.25) is 6.41 Å². The van der Waals surface area contributed by atoms with Crippen LogP contribution in [0.3, 0.4) is 0 Å². The molecule has 0 spiro atoms. The maximum atomic E-state index is 11.0. The normalized spacial score (nSPS) is 10.2. The largest absolute Gasteiger partial charge is 0.276 e. The first-order chi connectivity index (χ1) is 9.20. The van der Waals surface area contributed by atoms with Crippen LogP contribution in [0.4, 0.5) is 5.69 Å². The molecule has 0 bridgehead atoms. The van der Waals surface area contributed by atoms with Crippen molar-refractivity contribution in [3.05, 3.63) is 71.6 Å². The van der Waals surface area contributed by atoms with Gasteiger partial charge in [0.1, 0.15) is 6.61 Å². The number of hydrogen-bond acceptors (Lipinski definition) is 2. The minimum absolute atomic E-state index is 0.227. The Kier molecular flexibility index (Phi) is 4.55. The van der Waals surface area contributed by atoms with Crippen LogP contribution in [0, 0.1) is 6.92 Å². The van der Waals surface area contributed by atoms with E-state index in [1.54, 1.807) is 18.2 Å². The maximum absolute atomic E-state index is 11.0. The van der Waals surface area contributed by atoms with Crippen LogP contribution in [0.1, 0.15) is 11.1 Å². The predicted octanol–water partition coefficient (Wildman–Crippen LogP) is 3.62. The van der Waals surface area contributed by atoms with Gasteiger partial charge in [0.15, 0.2) is 0 Å². The summed E-state index contributed by atoms with van der Waals surface area (Å²) in [4.78, 5) is 16.5. The molecule has 0 atom stereocenters. The molecule has 4 heteroatoms. The first kappa shape index (κ1) is 13.6. The molecule has 0 N–H and O–H groups in total. The molecule has 0 unspecified atom stereocenters. The average Bonchev–Trinajstić information content (AvgIpc) is 2.43. The van der Waals surface area contributed by atoms with E-state index in [0.29, 0.717) is 17.1 Å². The summed E-state index contributed by atoms with van der Waals surface area (Å²) in [6, 6.07) is 14.5. The van der Waals surface area contributed by atoms with Crippen LogP contribution in [0.25, 0.3) is 0 Å². The lowest BCUT2D eigenvalue weighted by atomic mass is 10.2. The third-order valence-corrected chi connectivity index (χ3v) is 2.97. The molecule has 0 saturated heterocycles. The third kappa shape index (κ3) is 3.56. The average molecular weight is 275 g/mol. The molecule has 0 heterocycles. The first-order valence-electron chi connectivity index (χ1n) is 5.73. The minimum atomic E-state index is 0.227. The molecule has 0 aliphatic heterocycles. The molecule has 0 aliphatic carbocycles. The summed E-state index contributed by atoms with van der Waals surface area (Å²) in [5.74, 6) is 0. The zero-order chi connectivity index (χ0) is 13.7. The second-order valence-corrected chi connectivity index (χ2v) is 4.37. The lowest BCUT2D eigenvalue weighted by Gasteiger charge is -2.17. The number of hydrogen-bond donors (Lipinski definition) is 0. The fraction of sp³-hybridized carbons (Fsp3) is 0.0667. The van der Waals surface area contributed by atoms with E-state index in [9.17, 15) is 4.79 Å². The van der Waals surface area contributed by atoms with E-state index in [0.717, 1.165) is 11.1 Å². The Bertz CT molecular complexity index is 554. The van der Waals surface area contributed by atoms with Gasteiger partial charge in [-0.1, -0.05) is 41.9 Å². The molecule has 0 aromatic heterocycles. The van der Waals surface area contributed by atoms with Crippen LogP contribution in [-0.4, -0.2) is 6.41 Å². The Morgan fingerprint density at radius 1 is 1.16 bits per heavy atom. The highest BCUT2D eigenvalue weighted by atomic mass is 35.5. The zero-order valence-corrected chi connectivity index (χ0v) is 11.0. The molecule has 0 aliphatic rings. The van der Waals surface area contributed by atoms with Crippen LogP contribution in [-0.2, 0) is 16.2 Å². The summed E-state index contributed by atoms with van der Waals surface area (Å²) in [7, 11) is 0. The number of hydroxylamine groups is 1. The van der Waals surface area contributed by atoms with E-state index < -0.39 is 0 Å². The van der Waals surface area contributed by atoms with Crippen molar-refractivity contribution < 1.29 is 9.63 Å². The van der Waals surface area contributed by atoms with Gasteiger partial charge in [-0.3, -0.25) is 9.63 Å². The van der Waals surface area contributed by atoms with E-state index >= 15 is 0 Å². The fourth-order valence-electron chi connectivity index (χ4n) is 1.56. The SMILES string of the molecule is [CH2]c1ccc(N(C=O)OCc2ccccc2Cl)cc1. The summed E-state index contributed by atoms with van der Waals surface area (Å²) < 4.78 is 0.